The van der Waals surface area contributed by atoms with E-state index in [9.17, 15) is 18.4 Å². The highest BCUT2D eigenvalue weighted by atomic mass is 19.1. The van der Waals surface area contributed by atoms with Gasteiger partial charge in [-0.1, -0.05) is 0 Å². The minimum Gasteiger partial charge on any atom is -0.493 e. The lowest BCUT2D eigenvalue weighted by Crippen LogP contribution is -2.20. The molecule has 0 saturated heterocycles. The molecule has 0 aliphatic carbocycles. The predicted octanol–water partition coefficient (Wildman–Crippen LogP) is 3.19. The standard InChI is InChI=1S/C17H15F2NO4/c1-10(21)11-3-4-15(16(5-11)23-2)24-9-17(22)20-14-7-12(18)6-13(19)8-14/h3-8H,9H2,1-2H3,(H,20,22). The summed E-state index contributed by atoms with van der Waals surface area (Å²) in [6.07, 6.45) is 0. The average Bonchev–Trinajstić information content (AvgIpc) is 2.51. The fourth-order valence-electron chi connectivity index (χ4n) is 1.97. The molecule has 0 unspecified atom stereocenters. The Morgan fingerprint density at radius 1 is 1.04 bits per heavy atom. The highest BCUT2D eigenvalue weighted by Crippen LogP contribution is 2.28. The maximum Gasteiger partial charge on any atom is 0.262 e. The largest absolute Gasteiger partial charge is 0.493 e. The van der Waals surface area contributed by atoms with Crippen LogP contribution in [0.25, 0.3) is 0 Å². The van der Waals surface area contributed by atoms with E-state index >= 15 is 0 Å². The van der Waals surface area contributed by atoms with Crippen LogP contribution in [0.5, 0.6) is 11.5 Å². The number of hydrogen-bond acceptors (Lipinski definition) is 4. The Morgan fingerprint density at radius 3 is 2.29 bits per heavy atom. The van der Waals surface area contributed by atoms with Crippen molar-refractivity contribution in [2.45, 2.75) is 6.92 Å². The van der Waals surface area contributed by atoms with Crippen molar-refractivity contribution >= 4 is 17.4 Å². The Hall–Kier alpha value is -2.96. The van der Waals surface area contributed by atoms with Gasteiger partial charge in [-0.15, -0.1) is 0 Å². The molecule has 126 valence electrons. The van der Waals surface area contributed by atoms with E-state index in [4.69, 9.17) is 9.47 Å². The topological polar surface area (TPSA) is 64.6 Å². The van der Waals surface area contributed by atoms with Crippen LogP contribution in [0, 0.1) is 11.6 Å². The smallest absolute Gasteiger partial charge is 0.262 e. The SMILES string of the molecule is COc1cc(C(C)=O)ccc1OCC(=O)Nc1cc(F)cc(F)c1. The summed E-state index contributed by atoms with van der Waals surface area (Å²) < 4.78 is 36.6. The number of hydrogen-bond donors (Lipinski definition) is 1. The lowest BCUT2D eigenvalue weighted by Gasteiger charge is -2.12. The lowest BCUT2D eigenvalue weighted by molar-refractivity contribution is -0.118. The first-order valence-electron chi connectivity index (χ1n) is 6.97. The molecule has 1 amide bonds. The van der Waals surface area contributed by atoms with Gasteiger partial charge in [0.1, 0.15) is 11.6 Å². The number of rotatable bonds is 6. The number of nitrogens with one attached hydrogen (secondary N) is 1. The Bertz CT molecular complexity index is 757. The number of anilines is 1. The van der Waals surface area contributed by atoms with Gasteiger partial charge in [0.2, 0.25) is 0 Å². The Labute approximate surface area is 137 Å². The van der Waals surface area contributed by atoms with Crippen LogP contribution < -0.4 is 14.8 Å². The van der Waals surface area contributed by atoms with Crippen LogP contribution in [0.2, 0.25) is 0 Å². The third-order valence-electron chi connectivity index (χ3n) is 3.08. The van der Waals surface area contributed by atoms with Crippen LogP contribution in [0.1, 0.15) is 17.3 Å². The van der Waals surface area contributed by atoms with Crippen molar-refractivity contribution in [3.8, 4) is 11.5 Å². The second kappa shape index (κ2) is 7.54. The third kappa shape index (κ3) is 4.52. The van der Waals surface area contributed by atoms with Crippen molar-refractivity contribution in [1.82, 2.24) is 0 Å². The lowest BCUT2D eigenvalue weighted by atomic mass is 10.1. The van der Waals surface area contributed by atoms with Gasteiger partial charge in [-0.2, -0.15) is 0 Å². The molecule has 24 heavy (non-hydrogen) atoms. The van der Waals surface area contributed by atoms with Gasteiger partial charge in [0.25, 0.3) is 5.91 Å². The molecule has 7 heteroatoms. The molecular formula is C17H15F2NO4. The van der Waals surface area contributed by atoms with E-state index in [0.717, 1.165) is 12.1 Å². The summed E-state index contributed by atoms with van der Waals surface area (Å²) in [7, 11) is 1.40. The molecule has 0 saturated carbocycles. The molecule has 0 heterocycles. The van der Waals surface area contributed by atoms with E-state index in [1.165, 1.54) is 26.2 Å². The van der Waals surface area contributed by atoms with E-state index in [1.54, 1.807) is 6.07 Å². The molecule has 0 bridgehead atoms. The van der Waals surface area contributed by atoms with Crippen LogP contribution in [0.4, 0.5) is 14.5 Å². The summed E-state index contributed by atoms with van der Waals surface area (Å²) in [5.74, 6) is -1.76. The molecule has 2 aromatic carbocycles. The van der Waals surface area contributed by atoms with E-state index in [-0.39, 0.29) is 17.2 Å². The fraction of sp³-hybridized carbons (Fsp3) is 0.176. The van der Waals surface area contributed by atoms with Crippen LogP contribution in [-0.4, -0.2) is 25.4 Å². The van der Waals surface area contributed by atoms with Gasteiger partial charge >= 0.3 is 0 Å². The van der Waals surface area contributed by atoms with Crippen LogP contribution >= 0.6 is 0 Å². The van der Waals surface area contributed by atoms with Gasteiger partial charge < -0.3 is 14.8 Å². The maximum atomic E-state index is 13.1. The van der Waals surface area contributed by atoms with Crippen LogP contribution in [0.15, 0.2) is 36.4 Å². The fourth-order valence-corrected chi connectivity index (χ4v) is 1.97. The van der Waals surface area contributed by atoms with E-state index < -0.39 is 24.1 Å². The van der Waals surface area contributed by atoms with Crippen molar-refractivity contribution in [1.29, 1.82) is 0 Å². The van der Waals surface area contributed by atoms with Gasteiger partial charge in [-0.3, -0.25) is 9.59 Å². The normalized spacial score (nSPS) is 10.2. The van der Waals surface area contributed by atoms with E-state index in [1.807, 2.05) is 0 Å². The first-order chi connectivity index (χ1) is 11.4. The molecular weight excluding hydrogens is 320 g/mol. The monoisotopic (exact) mass is 335 g/mol. The number of methoxy groups -OCH3 is 1. The number of ketones is 1. The summed E-state index contributed by atoms with van der Waals surface area (Å²) in [5, 5.41) is 2.32. The highest BCUT2D eigenvalue weighted by molar-refractivity contribution is 5.95. The van der Waals surface area contributed by atoms with Crippen molar-refractivity contribution in [3.63, 3.8) is 0 Å². The summed E-state index contributed by atoms with van der Waals surface area (Å²) in [6.45, 7) is 1.02. The van der Waals surface area contributed by atoms with E-state index in [0.29, 0.717) is 17.4 Å². The molecule has 0 spiro atoms. The average molecular weight is 335 g/mol. The number of benzene rings is 2. The molecule has 0 aliphatic rings. The summed E-state index contributed by atoms with van der Waals surface area (Å²) in [5.41, 5.74) is 0.430. The van der Waals surface area contributed by atoms with Gasteiger partial charge in [0, 0.05) is 17.3 Å². The number of Topliss-reactive ketones (excluding diaryl/α,β-unsaturated/α-hetero) is 1. The second-order valence-corrected chi connectivity index (χ2v) is 4.92. The molecule has 0 aliphatic heterocycles. The summed E-state index contributed by atoms with van der Waals surface area (Å²) in [6, 6.07) is 7.22. The summed E-state index contributed by atoms with van der Waals surface area (Å²) in [4.78, 5) is 23.1. The first-order valence-corrected chi connectivity index (χ1v) is 6.97. The minimum atomic E-state index is -0.798. The maximum absolute atomic E-state index is 13.1. The first kappa shape index (κ1) is 17.4. The van der Waals surface area contributed by atoms with Gasteiger partial charge in [0.15, 0.2) is 23.9 Å². The highest BCUT2D eigenvalue weighted by Gasteiger charge is 2.11. The van der Waals surface area contributed by atoms with Crippen molar-refractivity contribution in [2.75, 3.05) is 19.0 Å². The summed E-state index contributed by atoms with van der Waals surface area (Å²) >= 11 is 0. The Balaban J connectivity index is 2.02. The van der Waals surface area contributed by atoms with Crippen LogP contribution in [0.3, 0.4) is 0 Å². The zero-order valence-electron chi connectivity index (χ0n) is 13.1. The third-order valence-corrected chi connectivity index (χ3v) is 3.08. The van der Waals surface area contributed by atoms with Crippen LogP contribution in [-0.2, 0) is 4.79 Å². The quantitative estimate of drug-likeness (QED) is 0.824. The van der Waals surface area contributed by atoms with Crippen molar-refractivity contribution in [3.05, 3.63) is 53.6 Å². The molecule has 0 fully saturated rings. The molecule has 0 radical (unpaired) electrons. The molecule has 2 aromatic rings. The zero-order chi connectivity index (χ0) is 17.7. The number of ether oxygens (including phenoxy) is 2. The predicted molar refractivity (Wildman–Crippen MR) is 83.5 cm³/mol. The number of amides is 1. The zero-order valence-corrected chi connectivity index (χ0v) is 13.1. The van der Waals surface area contributed by atoms with Gasteiger partial charge in [-0.05, 0) is 37.3 Å². The second-order valence-electron chi connectivity index (χ2n) is 4.92. The molecule has 0 atom stereocenters. The van der Waals surface area contributed by atoms with E-state index in [2.05, 4.69) is 5.32 Å². The molecule has 0 aromatic heterocycles. The Morgan fingerprint density at radius 2 is 1.71 bits per heavy atom. The van der Waals surface area contributed by atoms with Crippen molar-refractivity contribution < 1.29 is 27.8 Å². The molecule has 5 nitrogen and oxygen atoms in total. The van der Waals surface area contributed by atoms with Gasteiger partial charge in [-0.25, -0.2) is 8.78 Å². The number of halogens is 2. The molecule has 2 rings (SSSR count). The minimum absolute atomic E-state index is 0.0139. The number of carbonyl (C=O) groups is 2. The Kier molecular flexibility index (Phi) is 5.47. The number of carbonyl (C=O) groups excluding carboxylic acids is 2. The van der Waals surface area contributed by atoms with Crippen molar-refractivity contribution in [2.24, 2.45) is 0 Å². The molecule has 1 N–H and O–H groups in total. The van der Waals surface area contributed by atoms with Gasteiger partial charge in [0.05, 0.1) is 7.11 Å².